The molecule has 2 aromatic carbocycles. The van der Waals surface area contributed by atoms with E-state index in [4.69, 9.17) is 11.6 Å². The molecule has 0 aliphatic carbocycles. The van der Waals surface area contributed by atoms with Gasteiger partial charge in [-0.3, -0.25) is 4.79 Å². The van der Waals surface area contributed by atoms with Crippen LogP contribution in [-0.4, -0.2) is 22.4 Å². The Morgan fingerprint density at radius 2 is 1.85 bits per heavy atom. The molecule has 0 spiro atoms. The summed E-state index contributed by atoms with van der Waals surface area (Å²) in [6.45, 7) is 2.19. The van der Waals surface area contributed by atoms with E-state index < -0.39 is 0 Å². The van der Waals surface area contributed by atoms with Gasteiger partial charge < -0.3 is 16.0 Å². The molecule has 3 N–H and O–H groups in total. The Morgan fingerprint density at radius 1 is 1.07 bits per heavy atom. The molecule has 3 aromatic rings. The van der Waals surface area contributed by atoms with Crippen LogP contribution in [0.4, 0.5) is 23.1 Å². The van der Waals surface area contributed by atoms with Gasteiger partial charge >= 0.3 is 0 Å². The molecule has 27 heavy (non-hydrogen) atoms. The van der Waals surface area contributed by atoms with E-state index in [1.54, 1.807) is 12.3 Å². The molecule has 0 bridgehead atoms. The summed E-state index contributed by atoms with van der Waals surface area (Å²) in [5, 5.41) is 9.92. The van der Waals surface area contributed by atoms with Gasteiger partial charge in [-0.25, -0.2) is 4.98 Å². The Bertz CT molecular complexity index is 914. The first-order valence-corrected chi connectivity index (χ1v) is 8.92. The van der Waals surface area contributed by atoms with E-state index in [9.17, 15) is 4.79 Å². The van der Waals surface area contributed by atoms with Crippen molar-refractivity contribution in [2.24, 2.45) is 0 Å². The number of carbonyl (C=O) groups excluding carboxylic acids is 1. The van der Waals surface area contributed by atoms with Gasteiger partial charge in [0.2, 0.25) is 11.9 Å². The average molecular weight is 382 g/mol. The van der Waals surface area contributed by atoms with Gasteiger partial charge in [0.05, 0.1) is 0 Å². The predicted molar refractivity (Wildman–Crippen MR) is 110 cm³/mol. The molecule has 138 valence electrons. The van der Waals surface area contributed by atoms with Crippen LogP contribution in [0, 0.1) is 0 Å². The van der Waals surface area contributed by atoms with Crippen molar-refractivity contribution >= 4 is 40.6 Å². The van der Waals surface area contributed by atoms with Crippen molar-refractivity contribution in [3.05, 3.63) is 71.4 Å². The van der Waals surface area contributed by atoms with Crippen molar-refractivity contribution in [1.82, 2.24) is 9.97 Å². The number of hydrogen-bond donors (Lipinski definition) is 3. The minimum atomic E-state index is -0.110. The summed E-state index contributed by atoms with van der Waals surface area (Å²) in [6, 6.07) is 17.0. The number of anilines is 4. The minimum absolute atomic E-state index is 0.110. The largest absolute Gasteiger partial charge is 0.354 e. The third kappa shape index (κ3) is 5.97. The summed E-state index contributed by atoms with van der Waals surface area (Å²) in [7, 11) is 0. The molecule has 3 rings (SSSR count). The maximum Gasteiger partial charge on any atom is 0.224 e. The van der Waals surface area contributed by atoms with Crippen LogP contribution in [0.2, 0.25) is 5.02 Å². The average Bonchev–Trinajstić information content (AvgIpc) is 2.63. The van der Waals surface area contributed by atoms with Crippen molar-refractivity contribution in [3.63, 3.8) is 0 Å². The van der Waals surface area contributed by atoms with Gasteiger partial charge in [-0.05, 0) is 48.4 Å². The molecule has 1 aromatic heterocycles. The monoisotopic (exact) mass is 381 g/mol. The molecule has 0 atom stereocenters. The first-order chi connectivity index (χ1) is 13.1. The second-order valence-electron chi connectivity index (χ2n) is 5.96. The lowest BCUT2D eigenvalue weighted by atomic mass is 10.1. The summed E-state index contributed by atoms with van der Waals surface area (Å²) in [5.41, 5.74) is 2.74. The summed E-state index contributed by atoms with van der Waals surface area (Å²) >= 11 is 5.90. The van der Waals surface area contributed by atoms with Gasteiger partial charge in [0.25, 0.3) is 0 Å². The van der Waals surface area contributed by atoms with Crippen LogP contribution in [-0.2, 0) is 11.2 Å². The van der Waals surface area contributed by atoms with E-state index in [-0.39, 0.29) is 5.91 Å². The molecule has 7 heteroatoms. The highest BCUT2D eigenvalue weighted by atomic mass is 35.5. The van der Waals surface area contributed by atoms with Crippen molar-refractivity contribution in [1.29, 1.82) is 0 Å². The van der Waals surface area contributed by atoms with Crippen LogP contribution in [0.3, 0.4) is 0 Å². The van der Waals surface area contributed by atoms with E-state index in [0.29, 0.717) is 18.3 Å². The van der Waals surface area contributed by atoms with Crippen LogP contribution < -0.4 is 16.0 Å². The first kappa shape index (κ1) is 18.7. The molecule has 1 amide bonds. The first-order valence-electron chi connectivity index (χ1n) is 8.54. The molecule has 1 heterocycles. The standard InChI is InChI=1S/C20H20ClN5O/c1-14(27)24-17-3-2-4-18(13-17)25-19-10-12-23-20(26-19)22-11-9-15-5-7-16(21)8-6-15/h2-8,10,12-13H,9,11H2,1H3,(H,24,27)(H2,22,23,25,26). The summed E-state index contributed by atoms with van der Waals surface area (Å²) < 4.78 is 0. The second kappa shape index (κ2) is 9.00. The van der Waals surface area contributed by atoms with E-state index >= 15 is 0 Å². The van der Waals surface area contributed by atoms with Gasteiger partial charge in [0, 0.05) is 36.1 Å². The number of nitrogens with zero attached hydrogens (tertiary/aromatic N) is 2. The molecule has 6 nitrogen and oxygen atoms in total. The number of halogens is 1. The lowest BCUT2D eigenvalue weighted by molar-refractivity contribution is -0.114. The normalized spacial score (nSPS) is 10.3. The van der Waals surface area contributed by atoms with Crippen LogP contribution in [0.15, 0.2) is 60.8 Å². The minimum Gasteiger partial charge on any atom is -0.354 e. The lowest BCUT2D eigenvalue weighted by Crippen LogP contribution is -2.09. The highest BCUT2D eigenvalue weighted by molar-refractivity contribution is 6.30. The quantitative estimate of drug-likeness (QED) is 0.562. The maximum atomic E-state index is 11.2. The smallest absolute Gasteiger partial charge is 0.224 e. The van der Waals surface area contributed by atoms with Crippen LogP contribution >= 0.6 is 11.6 Å². The Hall–Kier alpha value is -3.12. The number of benzene rings is 2. The fraction of sp³-hybridized carbons (Fsp3) is 0.150. The predicted octanol–water partition coefficient (Wildman–Crippen LogP) is 4.49. The Labute approximate surface area is 163 Å². The number of amides is 1. The van der Waals surface area contributed by atoms with Crippen molar-refractivity contribution < 1.29 is 4.79 Å². The summed E-state index contributed by atoms with van der Waals surface area (Å²) in [5.74, 6) is 1.10. The van der Waals surface area contributed by atoms with Crippen LogP contribution in [0.1, 0.15) is 12.5 Å². The molecular weight excluding hydrogens is 362 g/mol. The van der Waals surface area contributed by atoms with Gasteiger partial charge in [0.1, 0.15) is 5.82 Å². The number of hydrogen-bond acceptors (Lipinski definition) is 5. The molecule has 0 radical (unpaired) electrons. The van der Waals surface area contributed by atoms with Crippen LogP contribution in [0.25, 0.3) is 0 Å². The highest BCUT2D eigenvalue weighted by Gasteiger charge is 2.02. The lowest BCUT2D eigenvalue weighted by Gasteiger charge is -2.10. The molecule has 0 unspecified atom stereocenters. The van der Waals surface area contributed by atoms with Gasteiger partial charge in [0.15, 0.2) is 0 Å². The third-order valence-electron chi connectivity index (χ3n) is 3.72. The zero-order valence-corrected chi connectivity index (χ0v) is 15.6. The third-order valence-corrected chi connectivity index (χ3v) is 3.97. The zero-order chi connectivity index (χ0) is 19.1. The number of rotatable bonds is 7. The molecule has 0 fully saturated rings. The van der Waals surface area contributed by atoms with E-state index in [2.05, 4.69) is 25.9 Å². The maximum absolute atomic E-state index is 11.2. The summed E-state index contributed by atoms with van der Waals surface area (Å²) in [6.07, 6.45) is 2.54. The molecule has 0 aliphatic rings. The van der Waals surface area contributed by atoms with Gasteiger partial charge in [-0.15, -0.1) is 0 Å². The van der Waals surface area contributed by atoms with Crippen molar-refractivity contribution in [2.75, 3.05) is 22.5 Å². The Morgan fingerprint density at radius 3 is 2.63 bits per heavy atom. The Kier molecular flexibility index (Phi) is 6.22. The van der Waals surface area contributed by atoms with Gasteiger partial charge in [-0.1, -0.05) is 29.8 Å². The Balaban J connectivity index is 1.58. The molecular formula is C20H20ClN5O. The second-order valence-corrected chi connectivity index (χ2v) is 6.39. The highest BCUT2D eigenvalue weighted by Crippen LogP contribution is 2.19. The fourth-order valence-electron chi connectivity index (χ4n) is 2.51. The molecule has 0 saturated carbocycles. The van der Waals surface area contributed by atoms with Crippen molar-refractivity contribution in [3.8, 4) is 0 Å². The SMILES string of the molecule is CC(=O)Nc1cccc(Nc2ccnc(NCCc3ccc(Cl)cc3)n2)c1. The van der Waals surface area contributed by atoms with Gasteiger partial charge in [-0.2, -0.15) is 4.98 Å². The van der Waals surface area contributed by atoms with Crippen molar-refractivity contribution in [2.45, 2.75) is 13.3 Å². The zero-order valence-electron chi connectivity index (χ0n) is 14.9. The van der Waals surface area contributed by atoms with E-state index in [1.165, 1.54) is 12.5 Å². The topological polar surface area (TPSA) is 78.9 Å². The molecule has 0 aliphatic heterocycles. The van der Waals surface area contributed by atoms with E-state index in [0.717, 1.165) is 22.8 Å². The number of nitrogens with one attached hydrogen (secondary N) is 3. The number of carbonyl (C=O) groups is 1. The fourth-order valence-corrected chi connectivity index (χ4v) is 2.64. The molecule has 0 saturated heterocycles. The number of aromatic nitrogens is 2. The summed E-state index contributed by atoms with van der Waals surface area (Å²) in [4.78, 5) is 19.9. The van der Waals surface area contributed by atoms with E-state index in [1.807, 2.05) is 48.5 Å². The van der Waals surface area contributed by atoms with Crippen LogP contribution in [0.5, 0.6) is 0 Å².